The first-order valence-corrected chi connectivity index (χ1v) is 15.6. The van der Waals surface area contributed by atoms with Crippen LogP contribution in [0.4, 0.5) is 10.1 Å². The monoisotopic (exact) mass is 636 g/mol. The van der Waals surface area contributed by atoms with Gasteiger partial charge < -0.3 is 10.2 Å². The van der Waals surface area contributed by atoms with Crippen molar-refractivity contribution in [2.75, 3.05) is 31.5 Å². The molecule has 0 aromatic heterocycles. The standard InChI is InChI=1S/C30H35Cl2FN4O4S/c1-4-5-18-34-30(39)28(19-22-10-7-6-8-11-22)36(20-25-26(31)12-9-13-27(25)32)29(38)21-37(42(40,41)35(2)3)24-16-14-23(33)15-17-24/h6-17,28H,4-5,18-21H2,1-3H3,(H,34,39). The highest BCUT2D eigenvalue weighted by atomic mass is 35.5. The van der Waals surface area contributed by atoms with E-state index in [1.807, 2.05) is 37.3 Å². The van der Waals surface area contributed by atoms with Crippen molar-refractivity contribution in [3.63, 3.8) is 0 Å². The zero-order valence-corrected chi connectivity index (χ0v) is 26.1. The summed E-state index contributed by atoms with van der Waals surface area (Å²) in [4.78, 5) is 29.2. The number of nitrogens with zero attached hydrogens (tertiary/aromatic N) is 3. The molecule has 0 aliphatic heterocycles. The van der Waals surface area contributed by atoms with E-state index >= 15 is 0 Å². The lowest BCUT2D eigenvalue weighted by molar-refractivity contribution is -0.140. The van der Waals surface area contributed by atoms with E-state index in [0.717, 1.165) is 39.1 Å². The van der Waals surface area contributed by atoms with Gasteiger partial charge >= 0.3 is 10.2 Å². The molecule has 0 heterocycles. The molecule has 42 heavy (non-hydrogen) atoms. The molecule has 12 heteroatoms. The Bertz CT molecular complexity index is 1440. The number of carbonyl (C=O) groups is 2. The van der Waals surface area contributed by atoms with E-state index in [1.165, 1.54) is 31.1 Å². The first-order valence-electron chi connectivity index (χ1n) is 13.5. The molecule has 0 saturated carbocycles. The summed E-state index contributed by atoms with van der Waals surface area (Å²) in [6.45, 7) is 1.58. The minimum atomic E-state index is -4.20. The van der Waals surface area contributed by atoms with Crippen LogP contribution in [0.3, 0.4) is 0 Å². The Morgan fingerprint density at radius 2 is 1.55 bits per heavy atom. The van der Waals surface area contributed by atoms with Crippen molar-refractivity contribution < 1.29 is 22.4 Å². The largest absolute Gasteiger partial charge is 0.354 e. The lowest BCUT2D eigenvalue weighted by Crippen LogP contribution is -2.54. The molecule has 0 radical (unpaired) electrons. The third-order valence-corrected chi connectivity index (χ3v) is 9.15. The van der Waals surface area contributed by atoms with Gasteiger partial charge in [-0.2, -0.15) is 12.7 Å². The van der Waals surface area contributed by atoms with Crippen LogP contribution >= 0.6 is 23.2 Å². The van der Waals surface area contributed by atoms with Gasteiger partial charge in [0.1, 0.15) is 18.4 Å². The maximum atomic E-state index is 14.2. The van der Waals surface area contributed by atoms with Crippen molar-refractivity contribution in [2.45, 2.75) is 38.8 Å². The summed E-state index contributed by atoms with van der Waals surface area (Å²) in [6, 6.07) is 17.9. The van der Waals surface area contributed by atoms with Gasteiger partial charge in [-0.3, -0.25) is 9.59 Å². The fourth-order valence-corrected chi connectivity index (χ4v) is 5.81. The number of halogens is 3. The Labute approximate surface area is 257 Å². The van der Waals surface area contributed by atoms with Gasteiger partial charge in [-0.15, -0.1) is 0 Å². The van der Waals surface area contributed by atoms with Gasteiger partial charge in [-0.05, 0) is 48.4 Å². The normalized spacial score (nSPS) is 12.2. The smallest absolute Gasteiger partial charge is 0.304 e. The highest BCUT2D eigenvalue weighted by Crippen LogP contribution is 2.28. The number of rotatable bonds is 14. The molecular formula is C30H35Cl2FN4O4S. The summed E-state index contributed by atoms with van der Waals surface area (Å²) in [5, 5.41) is 3.50. The topological polar surface area (TPSA) is 90.0 Å². The summed E-state index contributed by atoms with van der Waals surface area (Å²) >= 11 is 13.0. The molecule has 0 aliphatic carbocycles. The van der Waals surface area contributed by atoms with E-state index < -0.39 is 40.4 Å². The van der Waals surface area contributed by atoms with E-state index in [2.05, 4.69) is 5.32 Å². The van der Waals surface area contributed by atoms with Crippen LogP contribution in [-0.4, -0.2) is 62.7 Å². The second-order valence-corrected chi connectivity index (χ2v) is 12.7. The summed E-state index contributed by atoms with van der Waals surface area (Å²) < 4.78 is 42.3. The Balaban J connectivity index is 2.11. The lowest BCUT2D eigenvalue weighted by Gasteiger charge is -2.34. The predicted octanol–water partition coefficient (Wildman–Crippen LogP) is 5.30. The van der Waals surface area contributed by atoms with Crippen molar-refractivity contribution in [1.82, 2.24) is 14.5 Å². The Morgan fingerprint density at radius 1 is 0.929 bits per heavy atom. The van der Waals surface area contributed by atoms with Gasteiger partial charge in [0.2, 0.25) is 11.8 Å². The van der Waals surface area contributed by atoms with Crippen LogP contribution < -0.4 is 9.62 Å². The second kappa shape index (κ2) is 15.3. The molecule has 0 spiro atoms. The van der Waals surface area contributed by atoms with Crippen LogP contribution in [0, 0.1) is 5.82 Å². The Hall–Kier alpha value is -3.18. The molecule has 0 aliphatic rings. The number of amides is 2. The van der Waals surface area contributed by atoms with Gasteiger partial charge in [0, 0.05) is 49.2 Å². The lowest BCUT2D eigenvalue weighted by atomic mass is 10.0. The van der Waals surface area contributed by atoms with Gasteiger partial charge in [0.15, 0.2) is 0 Å². The molecule has 3 aromatic carbocycles. The van der Waals surface area contributed by atoms with Crippen molar-refractivity contribution in [3.8, 4) is 0 Å². The molecule has 1 unspecified atom stereocenters. The number of benzene rings is 3. The van der Waals surface area contributed by atoms with Gasteiger partial charge in [0.05, 0.1) is 5.69 Å². The first kappa shape index (κ1) is 33.3. The van der Waals surface area contributed by atoms with Crippen LogP contribution in [0.5, 0.6) is 0 Å². The van der Waals surface area contributed by atoms with E-state index in [-0.39, 0.29) is 18.7 Å². The fraction of sp³-hybridized carbons (Fsp3) is 0.333. The zero-order valence-electron chi connectivity index (χ0n) is 23.8. The van der Waals surface area contributed by atoms with Crippen LogP contribution in [0.15, 0.2) is 72.8 Å². The van der Waals surface area contributed by atoms with E-state index in [1.54, 1.807) is 18.2 Å². The number of hydrogen-bond acceptors (Lipinski definition) is 4. The average molecular weight is 638 g/mol. The van der Waals surface area contributed by atoms with E-state index in [4.69, 9.17) is 23.2 Å². The second-order valence-electron chi connectivity index (χ2n) is 9.85. The van der Waals surface area contributed by atoms with Gasteiger partial charge in [0.25, 0.3) is 0 Å². The maximum absolute atomic E-state index is 14.2. The number of hydrogen-bond donors (Lipinski definition) is 1. The summed E-state index contributed by atoms with van der Waals surface area (Å²) in [5.74, 6) is -1.63. The SMILES string of the molecule is CCCCNC(=O)C(Cc1ccccc1)N(Cc1c(Cl)cccc1Cl)C(=O)CN(c1ccc(F)cc1)S(=O)(=O)N(C)C. The quantitative estimate of drug-likeness (QED) is 0.243. The number of carbonyl (C=O) groups excluding carboxylic acids is 2. The summed E-state index contributed by atoms with van der Waals surface area (Å²) in [6.07, 6.45) is 1.76. The molecule has 2 amide bonds. The van der Waals surface area contributed by atoms with Gasteiger partial charge in [-0.25, -0.2) is 8.70 Å². The van der Waals surface area contributed by atoms with E-state index in [0.29, 0.717) is 22.2 Å². The summed E-state index contributed by atoms with van der Waals surface area (Å²) in [5.41, 5.74) is 1.30. The Morgan fingerprint density at radius 3 is 2.12 bits per heavy atom. The van der Waals surface area contributed by atoms with Crippen LogP contribution in [0.25, 0.3) is 0 Å². The third-order valence-electron chi connectivity index (χ3n) is 6.62. The highest BCUT2D eigenvalue weighted by molar-refractivity contribution is 7.90. The maximum Gasteiger partial charge on any atom is 0.304 e. The molecule has 0 saturated heterocycles. The molecule has 3 rings (SSSR count). The molecule has 3 aromatic rings. The molecule has 8 nitrogen and oxygen atoms in total. The van der Waals surface area contributed by atoms with Crippen molar-refractivity contribution >= 4 is 50.9 Å². The van der Waals surface area contributed by atoms with Gasteiger partial charge in [-0.1, -0.05) is 72.9 Å². The molecular weight excluding hydrogens is 602 g/mol. The third kappa shape index (κ3) is 8.67. The fourth-order valence-electron chi connectivity index (χ4n) is 4.24. The highest BCUT2D eigenvalue weighted by Gasteiger charge is 2.35. The number of anilines is 1. The van der Waals surface area contributed by atoms with Crippen molar-refractivity contribution in [2.24, 2.45) is 0 Å². The number of unbranched alkanes of at least 4 members (excludes halogenated alkanes) is 1. The summed E-state index contributed by atoms with van der Waals surface area (Å²) in [7, 11) is -1.54. The molecule has 0 fully saturated rings. The van der Waals surface area contributed by atoms with Crippen molar-refractivity contribution in [3.05, 3.63) is 99.8 Å². The van der Waals surface area contributed by atoms with Crippen LogP contribution in [-0.2, 0) is 32.8 Å². The van der Waals surface area contributed by atoms with Crippen molar-refractivity contribution in [1.29, 1.82) is 0 Å². The molecule has 1 atom stereocenters. The first-order chi connectivity index (χ1) is 19.9. The molecule has 226 valence electrons. The van der Waals surface area contributed by atoms with E-state index in [9.17, 15) is 22.4 Å². The van der Waals surface area contributed by atoms with Crippen LogP contribution in [0.1, 0.15) is 30.9 Å². The van der Waals surface area contributed by atoms with Crippen LogP contribution in [0.2, 0.25) is 10.0 Å². The minimum absolute atomic E-state index is 0.0844. The Kier molecular flexibility index (Phi) is 12.2. The number of nitrogens with one attached hydrogen (secondary N) is 1. The average Bonchev–Trinajstić information content (AvgIpc) is 2.96. The zero-order chi connectivity index (χ0) is 30.9. The molecule has 1 N–H and O–H groups in total. The predicted molar refractivity (Wildman–Crippen MR) is 165 cm³/mol. The molecule has 0 bridgehead atoms. The minimum Gasteiger partial charge on any atom is -0.354 e.